The monoisotopic (exact) mass is 250 g/mol. The van der Waals surface area contributed by atoms with Gasteiger partial charge in [-0.3, -0.25) is 5.84 Å². The van der Waals surface area contributed by atoms with E-state index in [-0.39, 0.29) is 0 Å². The minimum absolute atomic E-state index is 0.343. The normalized spacial score (nSPS) is 10.2. The van der Waals surface area contributed by atoms with Gasteiger partial charge in [0.2, 0.25) is 0 Å². The first kappa shape index (κ1) is 12.3. The molecule has 2 rings (SSSR count). The zero-order chi connectivity index (χ0) is 13.1. The summed E-state index contributed by atoms with van der Waals surface area (Å²) >= 11 is 0. The van der Waals surface area contributed by atoms with Crippen LogP contribution in [-0.2, 0) is 0 Å². The summed E-state index contributed by atoms with van der Waals surface area (Å²) in [5.41, 5.74) is 4.04. The van der Waals surface area contributed by atoms with E-state index in [4.69, 9.17) is 10.6 Å². The summed E-state index contributed by atoms with van der Waals surface area (Å²) in [5.74, 6) is 3.74. The number of rotatable bonds is 3. The molecule has 0 saturated heterocycles. The highest BCUT2D eigenvalue weighted by Crippen LogP contribution is 2.29. The van der Waals surface area contributed by atoms with Crippen LogP contribution in [0.2, 0.25) is 0 Å². The zero-order valence-electron chi connectivity index (χ0n) is 9.71. The standard InChI is InChI=1S/C13H12F2N2O/c1-8-7-9(5-6-12(8)17-16)18-13-10(14)3-2-4-11(13)15/h2-7,17H,16H2,1H3. The number of hydrogen-bond donors (Lipinski definition) is 2. The molecule has 0 aliphatic rings. The van der Waals surface area contributed by atoms with E-state index in [1.165, 1.54) is 6.07 Å². The molecule has 0 aliphatic carbocycles. The number of ether oxygens (including phenoxy) is 1. The molecule has 5 heteroatoms. The van der Waals surface area contributed by atoms with Crippen LogP contribution in [-0.4, -0.2) is 0 Å². The van der Waals surface area contributed by atoms with E-state index in [0.29, 0.717) is 5.75 Å². The molecule has 0 spiro atoms. The van der Waals surface area contributed by atoms with Gasteiger partial charge in [-0.1, -0.05) is 6.07 Å². The molecule has 0 amide bonds. The van der Waals surface area contributed by atoms with Gasteiger partial charge in [-0.2, -0.15) is 0 Å². The lowest BCUT2D eigenvalue weighted by atomic mass is 10.2. The minimum atomic E-state index is -0.742. The fraction of sp³-hybridized carbons (Fsp3) is 0.0769. The number of nitrogen functional groups attached to an aromatic ring is 1. The van der Waals surface area contributed by atoms with Gasteiger partial charge >= 0.3 is 0 Å². The Kier molecular flexibility index (Phi) is 3.43. The highest BCUT2D eigenvalue weighted by Gasteiger charge is 2.11. The van der Waals surface area contributed by atoms with Crippen molar-refractivity contribution in [3.05, 3.63) is 53.6 Å². The average Bonchev–Trinajstić information content (AvgIpc) is 2.34. The van der Waals surface area contributed by atoms with Gasteiger partial charge in [-0.25, -0.2) is 8.78 Å². The van der Waals surface area contributed by atoms with Crippen molar-refractivity contribution in [3.63, 3.8) is 0 Å². The maximum atomic E-state index is 13.4. The summed E-state index contributed by atoms with van der Waals surface area (Å²) in [5, 5.41) is 0. The quantitative estimate of drug-likeness (QED) is 0.648. The van der Waals surface area contributed by atoms with Crippen molar-refractivity contribution < 1.29 is 13.5 Å². The SMILES string of the molecule is Cc1cc(Oc2c(F)cccc2F)ccc1NN. The number of hydrogen-bond acceptors (Lipinski definition) is 3. The second-order valence-corrected chi connectivity index (χ2v) is 3.77. The van der Waals surface area contributed by atoms with Crippen LogP contribution in [0.5, 0.6) is 11.5 Å². The molecule has 0 heterocycles. The predicted octanol–water partition coefficient (Wildman–Crippen LogP) is 3.35. The molecule has 0 saturated carbocycles. The Morgan fingerprint density at radius 2 is 1.78 bits per heavy atom. The Morgan fingerprint density at radius 1 is 1.11 bits per heavy atom. The van der Waals surface area contributed by atoms with Crippen LogP contribution < -0.4 is 16.0 Å². The van der Waals surface area contributed by atoms with Crippen LogP contribution in [0.25, 0.3) is 0 Å². The molecule has 0 unspecified atom stereocenters. The Morgan fingerprint density at radius 3 is 2.33 bits per heavy atom. The molecule has 2 aromatic carbocycles. The lowest BCUT2D eigenvalue weighted by Gasteiger charge is -2.10. The van der Waals surface area contributed by atoms with E-state index in [1.807, 2.05) is 0 Å². The molecule has 0 aliphatic heterocycles. The number of para-hydroxylation sites is 1. The van der Waals surface area contributed by atoms with Gasteiger partial charge in [-0.05, 0) is 42.8 Å². The van der Waals surface area contributed by atoms with Crippen molar-refractivity contribution >= 4 is 5.69 Å². The molecule has 3 nitrogen and oxygen atoms in total. The third kappa shape index (κ3) is 2.41. The fourth-order valence-electron chi connectivity index (χ4n) is 1.56. The van der Waals surface area contributed by atoms with Gasteiger partial charge in [0.25, 0.3) is 0 Å². The lowest BCUT2D eigenvalue weighted by Crippen LogP contribution is -2.07. The van der Waals surface area contributed by atoms with Crippen LogP contribution in [0.4, 0.5) is 14.5 Å². The summed E-state index contributed by atoms with van der Waals surface area (Å²) in [6.45, 7) is 1.81. The topological polar surface area (TPSA) is 47.3 Å². The van der Waals surface area contributed by atoms with Crippen LogP contribution in [0, 0.1) is 18.6 Å². The smallest absolute Gasteiger partial charge is 0.198 e. The van der Waals surface area contributed by atoms with Gasteiger partial charge in [0.15, 0.2) is 17.4 Å². The van der Waals surface area contributed by atoms with E-state index in [9.17, 15) is 8.78 Å². The number of anilines is 1. The Labute approximate surface area is 103 Å². The lowest BCUT2D eigenvalue weighted by molar-refractivity contribution is 0.407. The highest BCUT2D eigenvalue weighted by atomic mass is 19.1. The van der Waals surface area contributed by atoms with Gasteiger partial charge < -0.3 is 10.2 Å². The predicted molar refractivity (Wildman–Crippen MR) is 65.4 cm³/mol. The van der Waals surface area contributed by atoms with Crippen molar-refractivity contribution in [1.29, 1.82) is 0 Å². The van der Waals surface area contributed by atoms with E-state index in [1.54, 1.807) is 25.1 Å². The van der Waals surface area contributed by atoms with Crippen LogP contribution in [0.15, 0.2) is 36.4 Å². The third-order valence-corrected chi connectivity index (χ3v) is 2.49. The second kappa shape index (κ2) is 5.01. The molecule has 0 atom stereocenters. The number of aryl methyl sites for hydroxylation is 1. The average molecular weight is 250 g/mol. The van der Waals surface area contributed by atoms with Crippen LogP contribution >= 0.6 is 0 Å². The molecule has 2 aromatic rings. The molecular weight excluding hydrogens is 238 g/mol. The van der Waals surface area contributed by atoms with Gasteiger partial charge in [0, 0.05) is 0 Å². The number of nitrogens with two attached hydrogens (primary N) is 1. The molecule has 94 valence electrons. The van der Waals surface area contributed by atoms with Crippen molar-refractivity contribution in [3.8, 4) is 11.5 Å². The molecule has 0 aromatic heterocycles. The van der Waals surface area contributed by atoms with Crippen molar-refractivity contribution in [2.75, 3.05) is 5.43 Å². The molecule has 18 heavy (non-hydrogen) atoms. The first-order chi connectivity index (χ1) is 8.61. The number of benzene rings is 2. The molecule has 0 radical (unpaired) electrons. The van der Waals surface area contributed by atoms with Crippen molar-refractivity contribution in [2.24, 2.45) is 5.84 Å². The van der Waals surface area contributed by atoms with E-state index < -0.39 is 17.4 Å². The Hall–Kier alpha value is -2.14. The zero-order valence-corrected chi connectivity index (χ0v) is 9.71. The molecule has 3 N–H and O–H groups in total. The summed E-state index contributed by atoms with van der Waals surface area (Å²) in [6, 6.07) is 8.45. The van der Waals surface area contributed by atoms with Gasteiger partial charge in [-0.15, -0.1) is 0 Å². The summed E-state index contributed by atoms with van der Waals surface area (Å²) < 4.78 is 32.0. The first-order valence-corrected chi connectivity index (χ1v) is 5.31. The third-order valence-electron chi connectivity index (χ3n) is 2.49. The summed E-state index contributed by atoms with van der Waals surface area (Å²) in [6.07, 6.45) is 0. The van der Waals surface area contributed by atoms with Gasteiger partial charge in [0.1, 0.15) is 5.75 Å². The van der Waals surface area contributed by atoms with Crippen molar-refractivity contribution in [2.45, 2.75) is 6.92 Å². The van der Waals surface area contributed by atoms with Gasteiger partial charge in [0.05, 0.1) is 5.69 Å². The fourth-order valence-corrected chi connectivity index (χ4v) is 1.56. The van der Waals surface area contributed by atoms with E-state index >= 15 is 0 Å². The maximum absolute atomic E-state index is 13.4. The Bertz CT molecular complexity index is 553. The second-order valence-electron chi connectivity index (χ2n) is 3.77. The summed E-state index contributed by atoms with van der Waals surface area (Å²) in [7, 11) is 0. The molecule has 0 bridgehead atoms. The van der Waals surface area contributed by atoms with Crippen LogP contribution in [0.1, 0.15) is 5.56 Å². The number of halogens is 2. The largest absolute Gasteiger partial charge is 0.451 e. The minimum Gasteiger partial charge on any atom is -0.451 e. The molecule has 0 fully saturated rings. The van der Waals surface area contributed by atoms with Crippen LogP contribution in [0.3, 0.4) is 0 Å². The molecular formula is C13H12F2N2O. The highest BCUT2D eigenvalue weighted by molar-refractivity contribution is 5.53. The summed E-state index contributed by atoms with van der Waals surface area (Å²) in [4.78, 5) is 0. The number of nitrogens with one attached hydrogen (secondary N) is 1. The van der Waals surface area contributed by atoms with Crippen molar-refractivity contribution in [1.82, 2.24) is 0 Å². The maximum Gasteiger partial charge on any atom is 0.198 e. The van der Waals surface area contributed by atoms with E-state index in [2.05, 4.69) is 5.43 Å². The number of hydrazine groups is 1. The van der Waals surface area contributed by atoms with E-state index in [0.717, 1.165) is 23.4 Å². The first-order valence-electron chi connectivity index (χ1n) is 5.31. The Balaban J connectivity index is 2.32.